The van der Waals surface area contributed by atoms with Crippen LogP contribution in [0.1, 0.15) is 55.1 Å². The Morgan fingerprint density at radius 2 is 1.57 bits per heavy atom. The van der Waals surface area contributed by atoms with Crippen LogP contribution in [-0.2, 0) is 23.9 Å². The summed E-state index contributed by atoms with van der Waals surface area (Å²) in [4.78, 5) is 51.9. The van der Waals surface area contributed by atoms with Crippen molar-refractivity contribution in [3.8, 4) is 5.75 Å². The van der Waals surface area contributed by atoms with E-state index in [0.29, 0.717) is 28.0 Å². The molecule has 10 heteroatoms. The van der Waals surface area contributed by atoms with Gasteiger partial charge in [-0.3, -0.25) is 15.0 Å². The third-order valence-electron chi connectivity index (χ3n) is 5.69. The molecule has 212 valence electrons. The Balaban J connectivity index is 2.18. The van der Waals surface area contributed by atoms with Crippen molar-refractivity contribution in [3.63, 3.8) is 0 Å². The Labute approximate surface area is 233 Å². The number of esters is 3. The highest BCUT2D eigenvalue weighted by Gasteiger charge is 2.31. The Morgan fingerprint density at radius 3 is 2.12 bits per heavy atom. The van der Waals surface area contributed by atoms with Gasteiger partial charge in [0.2, 0.25) is 0 Å². The lowest BCUT2D eigenvalue weighted by Crippen LogP contribution is -2.46. The number of nitrogens with one attached hydrogen (secondary N) is 1. The molecule has 2 rings (SSSR count). The Bertz CT molecular complexity index is 1250. The summed E-state index contributed by atoms with van der Waals surface area (Å²) in [5.74, 6) is -1.87. The lowest BCUT2D eigenvalue weighted by molar-refractivity contribution is -0.154. The maximum Gasteiger partial charge on any atom is 0.343 e. The fourth-order valence-corrected chi connectivity index (χ4v) is 3.74. The van der Waals surface area contributed by atoms with Gasteiger partial charge >= 0.3 is 17.9 Å². The quantitative estimate of drug-likeness (QED) is 0.0900. The number of amidine groups is 1. The zero-order valence-electron chi connectivity index (χ0n) is 23.0. The third kappa shape index (κ3) is 9.23. The SMILES string of the molecule is C=CCN(C(=O)C(C)=Cc1ccc(C(=O)Oc2ccc(C(=N)N)cc2)cc1)[C@@H](CCC(=O)OCC)C(=O)OCC. The first kappa shape index (κ1) is 31.5. The summed E-state index contributed by atoms with van der Waals surface area (Å²) in [5.41, 5.74) is 7.22. The molecule has 0 aliphatic rings. The van der Waals surface area contributed by atoms with Gasteiger partial charge in [0.25, 0.3) is 5.91 Å². The molecule has 0 bridgehead atoms. The van der Waals surface area contributed by atoms with Crippen LogP contribution < -0.4 is 10.5 Å². The number of nitrogen functional groups attached to an aromatic ring is 1. The number of rotatable bonds is 14. The fraction of sp³-hybridized carbons (Fsp3) is 0.300. The van der Waals surface area contributed by atoms with E-state index < -0.39 is 29.9 Å². The normalized spacial score (nSPS) is 11.6. The van der Waals surface area contributed by atoms with Gasteiger partial charge in [0.15, 0.2) is 0 Å². The third-order valence-corrected chi connectivity index (χ3v) is 5.69. The zero-order valence-corrected chi connectivity index (χ0v) is 23.0. The second-order valence-electron chi connectivity index (χ2n) is 8.63. The molecule has 0 fully saturated rings. The fourth-order valence-electron chi connectivity index (χ4n) is 3.74. The molecule has 0 spiro atoms. The predicted octanol–water partition coefficient (Wildman–Crippen LogP) is 3.88. The molecule has 0 aliphatic carbocycles. The van der Waals surface area contributed by atoms with Gasteiger partial charge in [-0.25, -0.2) is 9.59 Å². The molecule has 0 aromatic heterocycles. The Hall–Kier alpha value is -4.73. The van der Waals surface area contributed by atoms with Crippen molar-refractivity contribution in [3.05, 3.63) is 83.4 Å². The standard InChI is InChI=1S/C30H35N3O7/c1-5-18-33(25(30(37)39-7-3)16-17-26(34)38-6-2)28(35)20(4)19-21-8-10-23(11-9-21)29(36)40-24-14-12-22(13-15-24)27(31)32/h5,8-15,19,25H,1,6-7,16-18H2,2-4H3,(H3,31,32)/t25-/m0/s1. The number of hydrogen-bond donors (Lipinski definition) is 2. The van der Waals surface area contributed by atoms with E-state index in [4.69, 9.17) is 25.4 Å². The number of nitrogens with zero attached hydrogens (tertiary/aromatic N) is 1. The van der Waals surface area contributed by atoms with E-state index in [2.05, 4.69) is 6.58 Å². The predicted molar refractivity (Wildman–Crippen MR) is 151 cm³/mol. The first-order valence-corrected chi connectivity index (χ1v) is 12.8. The van der Waals surface area contributed by atoms with Gasteiger partial charge in [-0.2, -0.15) is 0 Å². The number of carbonyl (C=O) groups excluding carboxylic acids is 4. The molecule has 40 heavy (non-hydrogen) atoms. The van der Waals surface area contributed by atoms with E-state index in [-0.39, 0.29) is 38.4 Å². The number of benzene rings is 2. The van der Waals surface area contributed by atoms with Crippen LogP contribution in [0.3, 0.4) is 0 Å². The van der Waals surface area contributed by atoms with Crippen molar-refractivity contribution in [2.24, 2.45) is 5.73 Å². The lowest BCUT2D eigenvalue weighted by atomic mass is 10.1. The van der Waals surface area contributed by atoms with Gasteiger partial charge in [-0.05, 0) is 75.2 Å². The van der Waals surface area contributed by atoms with Crippen LogP contribution in [-0.4, -0.2) is 60.4 Å². The van der Waals surface area contributed by atoms with Gasteiger partial charge < -0.3 is 24.8 Å². The van der Waals surface area contributed by atoms with Crippen molar-refractivity contribution in [2.75, 3.05) is 19.8 Å². The van der Waals surface area contributed by atoms with Crippen LogP contribution in [0.4, 0.5) is 0 Å². The molecule has 0 saturated heterocycles. The van der Waals surface area contributed by atoms with E-state index in [1.807, 2.05) is 0 Å². The van der Waals surface area contributed by atoms with Gasteiger partial charge in [0, 0.05) is 24.1 Å². The molecular weight excluding hydrogens is 514 g/mol. The molecule has 2 aromatic carbocycles. The van der Waals surface area contributed by atoms with Crippen molar-refractivity contribution < 1.29 is 33.4 Å². The number of hydrogen-bond acceptors (Lipinski definition) is 8. The van der Waals surface area contributed by atoms with Crippen molar-refractivity contribution in [1.82, 2.24) is 4.90 Å². The minimum Gasteiger partial charge on any atom is -0.466 e. The van der Waals surface area contributed by atoms with Gasteiger partial charge in [-0.1, -0.05) is 18.2 Å². The number of amides is 1. The van der Waals surface area contributed by atoms with E-state index >= 15 is 0 Å². The summed E-state index contributed by atoms with van der Waals surface area (Å²) in [6.07, 6.45) is 3.11. The minimum absolute atomic E-state index is 0.0405. The van der Waals surface area contributed by atoms with E-state index in [9.17, 15) is 19.2 Å². The van der Waals surface area contributed by atoms with Crippen LogP contribution in [0.2, 0.25) is 0 Å². The molecular formula is C30H35N3O7. The summed E-state index contributed by atoms with van der Waals surface area (Å²) < 4.78 is 15.5. The van der Waals surface area contributed by atoms with Gasteiger partial charge in [0.05, 0.1) is 18.8 Å². The molecule has 1 amide bonds. The molecule has 1 atom stereocenters. The summed E-state index contributed by atoms with van der Waals surface area (Å²) in [7, 11) is 0. The monoisotopic (exact) mass is 549 g/mol. The van der Waals surface area contributed by atoms with Gasteiger partial charge in [-0.15, -0.1) is 6.58 Å². The van der Waals surface area contributed by atoms with Crippen LogP contribution in [0.25, 0.3) is 6.08 Å². The largest absolute Gasteiger partial charge is 0.466 e. The topological polar surface area (TPSA) is 149 Å². The van der Waals surface area contributed by atoms with Crippen LogP contribution in [0.5, 0.6) is 5.75 Å². The molecule has 0 saturated carbocycles. The molecule has 0 unspecified atom stereocenters. The summed E-state index contributed by atoms with van der Waals surface area (Å²) >= 11 is 0. The highest BCUT2D eigenvalue weighted by molar-refractivity contribution is 6.00. The summed E-state index contributed by atoms with van der Waals surface area (Å²) in [6.45, 7) is 9.05. The van der Waals surface area contributed by atoms with Crippen molar-refractivity contribution in [2.45, 2.75) is 39.7 Å². The first-order valence-electron chi connectivity index (χ1n) is 12.8. The zero-order chi connectivity index (χ0) is 29.7. The van der Waals surface area contributed by atoms with Gasteiger partial charge in [0.1, 0.15) is 17.6 Å². The number of ether oxygens (including phenoxy) is 3. The van der Waals surface area contributed by atoms with Crippen LogP contribution in [0.15, 0.2) is 66.8 Å². The molecule has 10 nitrogen and oxygen atoms in total. The lowest BCUT2D eigenvalue weighted by Gasteiger charge is -2.29. The summed E-state index contributed by atoms with van der Waals surface area (Å²) in [6, 6.07) is 11.7. The average molecular weight is 550 g/mol. The number of nitrogens with two attached hydrogens (primary N) is 1. The number of carbonyl (C=O) groups is 4. The molecule has 2 aromatic rings. The average Bonchev–Trinajstić information content (AvgIpc) is 2.93. The van der Waals surface area contributed by atoms with Crippen molar-refractivity contribution >= 4 is 35.7 Å². The van der Waals surface area contributed by atoms with E-state index in [1.54, 1.807) is 75.4 Å². The smallest absolute Gasteiger partial charge is 0.343 e. The molecule has 0 aliphatic heterocycles. The van der Waals surface area contributed by atoms with Crippen LogP contribution in [0, 0.1) is 5.41 Å². The second kappa shape index (κ2) is 15.6. The highest BCUT2D eigenvalue weighted by atomic mass is 16.5. The maximum absolute atomic E-state index is 13.4. The van der Waals surface area contributed by atoms with E-state index in [0.717, 1.165) is 0 Å². The summed E-state index contributed by atoms with van der Waals surface area (Å²) in [5, 5.41) is 7.43. The van der Waals surface area contributed by atoms with Crippen molar-refractivity contribution in [1.29, 1.82) is 5.41 Å². The maximum atomic E-state index is 13.4. The Morgan fingerprint density at radius 1 is 0.975 bits per heavy atom. The molecule has 0 radical (unpaired) electrons. The molecule has 0 heterocycles. The van der Waals surface area contributed by atoms with Crippen LogP contribution >= 0.6 is 0 Å². The highest BCUT2D eigenvalue weighted by Crippen LogP contribution is 2.18. The van der Waals surface area contributed by atoms with E-state index in [1.165, 1.54) is 11.0 Å². The second-order valence-corrected chi connectivity index (χ2v) is 8.63. The first-order chi connectivity index (χ1) is 19.1. The minimum atomic E-state index is -1.00. The Kier molecular flexibility index (Phi) is 12.3. The molecule has 3 N–H and O–H groups in total.